The average molecular weight is 269 g/mol. The smallest absolute Gasteiger partial charge is 0.245 e. The molecule has 1 heterocycles. The molecule has 0 saturated carbocycles. The van der Waals surface area contributed by atoms with Gasteiger partial charge in [0.2, 0.25) is 5.89 Å². The van der Waals surface area contributed by atoms with Crippen LogP contribution in [0.3, 0.4) is 0 Å². The van der Waals surface area contributed by atoms with Gasteiger partial charge in [-0.2, -0.15) is 4.98 Å². The highest BCUT2D eigenvalue weighted by atomic mass is 32.2. The van der Waals surface area contributed by atoms with E-state index < -0.39 is 6.04 Å². The molecule has 0 fully saturated rings. The van der Waals surface area contributed by atoms with E-state index in [2.05, 4.69) is 10.1 Å². The van der Waals surface area contributed by atoms with Gasteiger partial charge in [0.1, 0.15) is 11.9 Å². The molecule has 1 aromatic heterocycles. The van der Waals surface area contributed by atoms with Crippen LogP contribution in [0.4, 0.5) is 4.39 Å². The number of nitrogens with two attached hydrogens (primary N) is 1. The van der Waals surface area contributed by atoms with Crippen LogP contribution in [-0.2, 0) is 5.75 Å². The molecule has 1 aromatic carbocycles. The average Bonchev–Trinajstić information content (AvgIpc) is 2.86. The molecule has 0 aliphatic rings. The highest BCUT2D eigenvalue weighted by molar-refractivity contribution is 7.98. The Balaban J connectivity index is 1.98. The van der Waals surface area contributed by atoms with Gasteiger partial charge >= 0.3 is 0 Å². The lowest BCUT2D eigenvalue weighted by Gasteiger charge is -2.00. The molecule has 0 radical (unpaired) electrons. The van der Waals surface area contributed by atoms with Gasteiger partial charge in [0.25, 0.3) is 0 Å². The SMILES string of the molecule is N[C@H](CO)c1nc(CSc2ccccc2F)no1. The van der Waals surface area contributed by atoms with Crippen molar-refractivity contribution in [2.45, 2.75) is 16.7 Å². The highest BCUT2D eigenvalue weighted by Crippen LogP contribution is 2.24. The lowest BCUT2D eigenvalue weighted by atomic mass is 10.3. The third kappa shape index (κ3) is 3.06. The Morgan fingerprint density at radius 3 is 2.94 bits per heavy atom. The van der Waals surface area contributed by atoms with Crippen LogP contribution in [0, 0.1) is 5.82 Å². The van der Waals surface area contributed by atoms with Crippen LogP contribution < -0.4 is 5.73 Å². The summed E-state index contributed by atoms with van der Waals surface area (Å²) in [5.41, 5.74) is 5.53. The molecule has 0 unspecified atom stereocenters. The van der Waals surface area contributed by atoms with Crippen LogP contribution in [0.1, 0.15) is 17.8 Å². The summed E-state index contributed by atoms with van der Waals surface area (Å²) in [6.45, 7) is -0.262. The van der Waals surface area contributed by atoms with Crippen molar-refractivity contribution in [1.82, 2.24) is 10.1 Å². The second-order valence-corrected chi connectivity index (χ2v) is 4.57. The van der Waals surface area contributed by atoms with Crippen molar-refractivity contribution < 1.29 is 14.0 Å². The maximum atomic E-state index is 13.3. The largest absolute Gasteiger partial charge is 0.394 e. The predicted molar refractivity (Wildman–Crippen MR) is 64.3 cm³/mol. The number of nitrogens with zero attached hydrogens (tertiary/aromatic N) is 2. The Morgan fingerprint density at radius 2 is 2.22 bits per heavy atom. The third-order valence-corrected chi connectivity index (χ3v) is 3.24. The van der Waals surface area contributed by atoms with E-state index in [1.807, 2.05) is 0 Å². The summed E-state index contributed by atoms with van der Waals surface area (Å²) in [5.74, 6) is 0.699. The maximum Gasteiger partial charge on any atom is 0.245 e. The number of aromatic nitrogens is 2. The Labute approximate surface area is 107 Å². The number of rotatable bonds is 5. The fourth-order valence-corrected chi connectivity index (χ4v) is 2.04. The summed E-state index contributed by atoms with van der Waals surface area (Å²) in [6.07, 6.45) is 0. The molecule has 0 aliphatic carbocycles. The van der Waals surface area contributed by atoms with Crippen LogP contribution in [0.5, 0.6) is 0 Å². The number of thioether (sulfide) groups is 1. The van der Waals surface area contributed by atoms with E-state index in [1.54, 1.807) is 18.2 Å². The first-order valence-corrected chi connectivity index (χ1v) is 6.25. The minimum absolute atomic E-state index is 0.182. The van der Waals surface area contributed by atoms with E-state index in [1.165, 1.54) is 17.8 Å². The summed E-state index contributed by atoms with van der Waals surface area (Å²) in [7, 11) is 0. The first-order valence-electron chi connectivity index (χ1n) is 5.27. The quantitative estimate of drug-likeness (QED) is 0.800. The summed E-state index contributed by atoms with van der Waals surface area (Å²) in [6, 6.07) is 5.79. The lowest BCUT2D eigenvalue weighted by Crippen LogP contribution is -2.14. The van der Waals surface area contributed by atoms with Gasteiger partial charge in [0.05, 0.1) is 12.4 Å². The molecule has 1 atom stereocenters. The summed E-state index contributed by atoms with van der Waals surface area (Å²) < 4.78 is 18.2. The van der Waals surface area contributed by atoms with Crippen LogP contribution in [-0.4, -0.2) is 21.9 Å². The van der Waals surface area contributed by atoms with Crippen molar-refractivity contribution in [1.29, 1.82) is 0 Å². The number of aliphatic hydroxyl groups excluding tert-OH is 1. The van der Waals surface area contributed by atoms with E-state index in [0.29, 0.717) is 16.5 Å². The molecular formula is C11H12FN3O2S. The van der Waals surface area contributed by atoms with Gasteiger partial charge in [-0.1, -0.05) is 17.3 Å². The number of aliphatic hydroxyl groups is 1. The zero-order valence-electron chi connectivity index (χ0n) is 9.41. The van der Waals surface area contributed by atoms with Crippen LogP contribution in [0.25, 0.3) is 0 Å². The Morgan fingerprint density at radius 1 is 1.44 bits per heavy atom. The molecule has 96 valence electrons. The Bertz CT molecular complexity index is 520. The first kappa shape index (κ1) is 13.0. The van der Waals surface area contributed by atoms with Crippen LogP contribution in [0.15, 0.2) is 33.7 Å². The minimum atomic E-state index is -0.676. The summed E-state index contributed by atoms with van der Waals surface area (Å²) in [4.78, 5) is 4.54. The summed E-state index contributed by atoms with van der Waals surface area (Å²) >= 11 is 1.27. The van der Waals surface area contributed by atoms with Gasteiger partial charge in [-0.3, -0.25) is 0 Å². The van der Waals surface area contributed by atoms with E-state index in [0.717, 1.165) is 0 Å². The van der Waals surface area contributed by atoms with Crippen molar-refractivity contribution in [2.24, 2.45) is 5.73 Å². The maximum absolute atomic E-state index is 13.3. The van der Waals surface area contributed by atoms with Crippen molar-refractivity contribution >= 4 is 11.8 Å². The molecule has 2 aromatic rings. The van der Waals surface area contributed by atoms with E-state index in [9.17, 15) is 4.39 Å². The molecule has 7 heteroatoms. The second kappa shape index (κ2) is 5.94. The second-order valence-electron chi connectivity index (χ2n) is 3.56. The molecular weight excluding hydrogens is 257 g/mol. The van der Waals surface area contributed by atoms with Crippen molar-refractivity contribution in [3.8, 4) is 0 Å². The van der Waals surface area contributed by atoms with Gasteiger partial charge < -0.3 is 15.4 Å². The fourth-order valence-electron chi connectivity index (χ4n) is 1.26. The van der Waals surface area contributed by atoms with Gasteiger partial charge in [-0.05, 0) is 12.1 Å². The number of hydrogen-bond donors (Lipinski definition) is 2. The molecule has 0 bridgehead atoms. The van der Waals surface area contributed by atoms with E-state index in [-0.39, 0.29) is 18.3 Å². The van der Waals surface area contributed by atoms with Gasteiger partial charge in [0.15, 0.2) is 5.82 Å². The zero-order chi connectivity index (χ0) is 13.0. The van der Waals surface area contributed by atoms with E-state index in [4.69, 9.17) is 15.4 Å². The topological polar surface area (TPSA) is 85.2 Å². The third-order valence-electron chi connectivity index (χ3n) is 2.19. The number of halogens is 1. The van der Waals surface area contributed by atoms with Gasteiger partial charge in [0, 0.05) is 4.90 Å². The van der Waals surface area contributed by atoms with Crippen molar-refractivity contribution in [2.75, 3.05) is 6.61 Å². The molecule has 2 rings (SSSR count). The minimum Gasteiger partial charge on any atom is -0.394 e. The summed E-state index contributed by atoms with van der Waals surface area (Å²) in [5, 5.41) is 12.5. The lowest BCUT2D eigenvalue weighted by molar-refractivity contribution is 0.236. The first-order chi connectivity index (χ1) is 8.70. The van der Waals surface area contributed by atoms with Gasteiger partial charge in [-0.15, -0.1) is 11.8 Å². The number of benzene rings is 1. The highest BCUT2D eigenvalue weighted by Gasteiger charge is 2.14. The Kier molecular flexibility index (Phi) is 4.29. The zero-order valence-corrected chi connectivity index (χ0v) is 10.2. The molecule has 18 heavy (non-hydrogen) atoms. The number of hydrogen-bond acceptors (Lipinski definition) is 6. The van der Waals surface area contributed by atoms with Crippen LogP contribution in [0.2, 0.25) is 0 Å². The predicted octanol–water partition coefficient (Wildman–Crippen LogP) is 1.49. The molecule has 0 spiro atoms. The molecule has 0 saturated heterocycles. The van der Waals surface area contributed by atoms with Crippen LogP contribution >= 0.6 is 11.8 Å². The van der Waals surface area contributed by atoms with Gasteiger partial charge in [-0.25, -0.2) is 4.39 Å². The van der Waals surface area contributed by atoms with E-state index >= 15 is 0 Å². The monoisotopic (exact) mass is 269 g/mol. The Hall–Kier alpha value is -1.44. The normalized spacial score (nSPS) is 12.6. The van der Waals surface area contributed by atoms with Crippen molar-refractivity contribution in [3.05, 3.63) is 41.8 Å². The van der Waals surface area contributed by atoms with Crippen molar-refractivity contribution in [3.63, 3.8) is 0 Å². The molecule has 3 N–H and O–H groups in total. The standard InChI is InChI=1S/C11H12FN3O2S/c12-7-3-1-2-4-9(7)18-6-10-14-11(17-15-10)8(13)5-16/h1-4,8,16H,5-6,13H2/t8-/m1/s1. The molecule has 0 aliphatic heterocycles. The molecule has 5 nitrogen and oxygen atoms in total. The fraction of sp³-hybridized carbons (Fsp3) is 0.273. The molecule has 0 amide bonds.